The van der Waals surface area contributed by atoms with Crippen LogP contribution in [0.5, 0.6) is 5.88 Å². The molecule has 2 saturated heterocycles. The molecule has 3 aromatic rings. The van der Waals surface area contributed by atoms with E-state index in [4.69, 9.17) is 4.74 Å². The minimum Gasteiger partial charge on any atom is -0.481 e. The molecule has 0 aliphatic carbocycles. The van der Waals surface area contributed by atoms with E-state index in [0.29, 0.717) is 11.3 Å². The number of methoxy groups -OCH3 is 1. The van der Waals surface area contributed by atoms with Crippen molar-refractivity contribution in [2.24, 2.45) is 5.41 Å². The standard InChI is InChI=1S/C24H30N4O/c1-29-23-9-4-8-22(26-23)28-14-11-24(12-15-28)10-5-13-27(18-24)17-19-16-25-21-7-3-2-6-20(19)21/h2-4,6-9,16,25H,5,10-15,17-18H2,1H3. The van der Waals surface area contributed by atoms with E-state index >= 15 is 0 Å². The molecule has 0 amide bonds. The largest absolute Gasteiger partial charge is 0.481 e. The van der Waals surface area contributed by atoms with Crippen LogP contribution in [0.1, 0.15) is 31.2 Å². The van der Waals surface area contributed by atoms with Crippen LogP contribution >= 0.6 is 0 Å². The van der Waals surface area contributed by atoms with Gasteiger partial charge in [-0.2, -0.15) is 4.98 Å². The summed E-state index contributed by atoms with van der Waals surface area (Å²) in [6, 6.07) is 14.7. The number of pyridine rings is 1. The molecule has 152 valence electrons. The van der Waals surface area contributed by atoms with Gasteiger partial charge in [0, 0.05) is 49.3 Å². The van der Waals surface area contributed by atoms with E-state index in [2.05, 4.69) is 56.3 Å². The van der Waals surface area contributed by atoms with Gasteiger partial charge in [-0.25, -0.2) is 0 Å². The van der Waals surface area contributed by atoms with E-state index in [0.717, 1.165) is 25.5 Å². The zero-order chi connectivity index (χ0) is 19.7. The number of anilines is 1. The maximum Gasteiger partial charge on any atom is 0.214 e. The topological polar surface area (TPSA) is 44.4 Å². The number of aromatic nitrogens is 2. The van der Waals surface area contributed by atoms with Gasteiger partial charge in [-0.3, -0.25) is 4.90 Å². The molecule has 2 aliphatic rings. The van der Waals surface area contributed by atoms with Gasteiger partial charge in [0.1, 0.15) is 5.82 Å². The number of H-pyrrole nitrogens is 1. The molecular weight excluding hydrogens is 360 g/mol. The van der Waals surface area contributed by atoms with Crippen LogP contribution in [0.4, 0.5) is 5.82 Å². The zero-order valence-electron chi connectivity index (χ0n) is 17.2. The molecule has 5 rings (SSSR count). The number of ether oxygens (including phenoxy) is 1. The van der Waals surface area contributed by atoms with Crippen LogP contribution in [0.3, 0.4) is 0 Å². The number of nitrogens with zero attached hydrogens (tertiary/aromatic N) is 3. The molecular formula is C24H30N4O. The zero-order valence-corrected chi connectivity index (χ0v) is 17.2. The fourth-order valence-electron chi connectivity index (χ4n) is 5.26. The Hall–Kier alpha value is -2.53. The molecule has 0 unspecified atom stereocenters. The van der Waals surface area contributed by atoms with Gasteiger partial charge >= 0.3 is 0 Å². The molecule has 5 heteroatoms. The third kappa shape index (κ3) is 3.71. The minimum absolute atomic E-state index is 0.458. The summed E-state index contributed by atoms with van der Waals surface area (Å²) in [5, 5.41) is 1.37. The molecule has 2 aromatic heterocycles. The quantitative estimate of drug-likeness (QED) is 0.715. The van der Waals surface area contributed by atoms with E-state index in [9.17, 15) is 0 Å². The first-order valence-electron chi connectivity index (χ1n) is 10.8. The normalized spacial score (nSPS) is 19.7. The second kappa shape index (κ2) is 7.71. The SMILES string of the molecule is COc1cccc(N2CCC3(CCCN(Cc4c[nH]c5ccccc45)C3)CC2)n1. The van der Waals surface area contributed by atoms with Crippen LogP contribution < -0.4 is 9.64 Å². The van der Waals surface area contributed by atoms with Crippen molar-refractivity contribution >= 4 is 16.7 Å². The Labute approximate surface area is 172 Å². The average molecular weight is 391 g/mol. The molecule has 4 heterocycles. The maximum absolute atomic E-state index is 5.30. The molecule has 1 N–H and O–H groups in total. The molecule has 0 saturated carbocycles. The van der Waals surface area contributed by atoms with Crippen LogP contribution in [0.2, 0.25) is 0 Å². The molecule has 0 radical (unpaired) electrons. The summed E-state index contributed by atoms with van der Waals surface area (Å²) < 4.78 is 5.30. The number of para-hydroxylation sites is 1. The number of nitrogens with one attached hydrogen (secondary N) is 1. The monoisotopic (exact) mass is 390 g/mol. The van der Waals surface area contributed by atoms with E-state index in [1.165, 1.54) is 55.2 Å². The number of piperidine rings is 2. The van der Waals surface area contributed by atoms with Gasteiger partial charge in [-0.15, -0.1) is 0 Å². The third-order valence-electron chi connectivity index (χ3n) is 6.88. The van der Waals surface area contributed by atoms with Crippen LogP contribution in [0.15, 0.2) is 48.7 Å². The van der Waals surface area contributed by atoms with Crippen molar-refractivity contribution in [3.63, 3.8) is 0 Å². The molecule has 29 heavy (non-hydrogen) atoms. The minimum atomic E-state index is 0.458. The number of hydrogen-bond donors (Lipinski definition) is 1. The molecule has 2 fully saturated rings. The summed E-state index contributed by atoms with van der Waals surface area (Å²) in [7, 11) is 1.68. The number of rotatable bonds is 4. The van der Waals surface area contributed by atoms with E-state index < -0.39 is 0 Å². The third-order valence-corrected chi connectivity index (χ3v) is 6.88. The van der Waals surface area contributed by atoms with Crippen LogP contribution in [0.25, 0.3) is 10.9 Å². The second-order valence-electron chi connectivity index (χ2n) is 8.70. The summed E-state index contributed by atoms with van der Waals surface area (Å²) in [4.78, 5) is 13.2. The highest BCUT2D eigenvalue weighted by molar-refractivity contribution is 5.82. The highest BCUT2D eigenvalue weighted by Crippen LogP contribution is 2.41. The van der Waals surface area contributed by atoms with Crippen molar-refractivity contribution in [2.75, 3.05) is 38.2 Å². The van der Waals surface area contributed by atoms with Crippen molar-refractivity contribution in [2.45, 2.75) is 32.2 Å². The molecule has 5 nitrogen and oxygen atoms in total. The van der Waals surface area contributed by atoms with Gasteiger partial charge in [0.05, 0.1) is 7.11 Å². The first kappa shape index (κ1) is 18.5. The maximum atomic E-state index is 5.30. The predicted octanol–water partition coefficient (Wildman–Crippen LogP) is 4.45. The van der Waals surface area contributed by atoms with Crippen molar-refractivity contribution in [3.05, 3.63) is 54.2 Å². The van der Waals surface area contributed by atoms with Crippen molar-refractivity contribution < 1.29 is 4.74 Å². The van der Waals surface area contributed by atoms with Crippen LogP contribution in [0, 0.1) is 5.41 Å². The summed E-state index contributed by atoms with van der Waals surface area (Å²) in [5.74, 6) is 1.75. The predicted molar refractivity (Wildman–Crippen MR) is 117 cm³/mol. The Kier molecular flexibility index (Phi) is 4.92. The number of fused-ring (bicyclic) bond motifs is 1. The van der Waals surface area contributed by atoms with Gasteiger partial charge < -0.3 is 14.6 Å². The highest BCUT2D eigenvalue weighted by atomic mass is 16.5. The Morgan fingerprint density at radius 1 is 1.03 bits per heavy atom. The lowest BCUT2D eigenvalue weighted by atomic mass is 9.72. The van der Waals surface area contributed by atoms with Crippen LogP contribution in [-0.4, -0.2) is 48.2 Å². The summed E-state index contributed by atoms with van der Waals surface area (Å²) in [5.41, 5.74) is 3.13. The van der Waals surface area contributed by atoms with Gasteiger partial charge in [0.2, 0.25) is 5.88 Å². The first-order chi connectivity index (χ1) is 14.2. The Morgan fingerprint density at radius 3 is 2.76 bits per heavy atom. The van der Waals surface area contributed by atoms with Crippen LogP contribution in [-0.2, 0) is 6.54 Å². The number of benzene rings is 1. The smallest absolute Gasteiger partial charge is 0.214 e. The van der Waals surface area contributed by atoms with Crippen molar-refractivity contribution in [1.29, 1.82) is 0 Å². The van der Waals surface area contributed by atoms with Gasteiger partial charge in [0.25, 0.3) is 0 Å². The number of hydrogen-bond acceptors (Lipinski definition) is 4. The average Bonchev–Trinajstić information content (AvgIpc) is 3.17. The number of aromatic amines is 1. The lowest BCUT2D eigenvalue weighted by Crippen LogP contribution is -2.49. The Bertz CT molecular complexity index is 974. The first-order valence-corrected chi connectivity index (χ1v) is 10.8. The lowest BCUT2D eigenvalue weighted by molar-refractivity contribution is 0.0607. The molecule has 1 aromatic carbocycles. The van der Waals surface area contributed by atoms with Gasteiger partial charge in [-0.05, 0) is 55.3 Å². The van der Waals surface area contributed by atoms with Crippen molar-refractivity contribution in [3.8, 4) is 5.88 Å². The highest BCUT2D eigenvalue weighted by Gasteiger charge is 2.38. The van der Waals surface area contributed by atoms with Gasteiger partial charge in [-0.1, -0.05) is 24.3 Å². The summed E-state index contributed by atoms with van der Waals surface area (Å²) in [6.45, 7) is 5.64. The Balaban J connectivity index is 1.25. The van der Waals surface area contributed by atoms with E-state index in [1.54, 1.807) is 7.11 Å². The molecule has 1 spiro atoms. The van der Waals surface area contributed by atoms with E-state index in [-0.39, 0.29) is 0 Å². The second-order valence-corrected chi connectivity index (χ2v) is 8.70. The molecule has 2 aliphatic heterocycles. The van der Waals surface area contributed by atoms with Gasteiger partial charge in [0.15, 0.2) is 0 Å². The van der Waals surface area contributed by atoms with E-state index in [1.807, 2.05) is 12.1 Å². The molecule has 0 atom stereocenters. The number of likely N-dealkylation sites (tertiary alicyclic amines) is 1. The van der Waals surface area contributed by atoms with Crippen molar-refractivity contribution in [1.82, 2.24) is 14.9 Å². The summed E-state index contributed by atoms with van der Waals surface area (Å²) >= 11 is 0. The lowest BCUT2D eigenvalue weighted by Gasteiger charge is -2.48. The fourth-order valence-corrected chi connectivity index (χ4v) is 5.26. The summed E-state index contributed by atoms with van der Waals surface area (Å²) in [6.07, 6.45) is 7.35. The fraction of sp³-hybridized carbons (Fsp3) is 0.458. The Morgan fingerprint density at radius 2 is 1.90 bits per heavy atom. The molecule has 0 bridgehead atoms.